The number of hydrogen-bond donors (Lipinski definition) is 1. The van der Waals surface area contributed by atoms with E-state index in [0.29, 0.717) is 23.6 Å². The van der Waals surface area contributed by atoms with Crippen LogP contribution < -0.4 is 19.1 Å². The number of halogens is 1. The summed E-state index contributed by atoms with van der Waals surface area (Å²) in [7, 11) is -1.27. The first-order valence-electron chi connectivity index (χ1n) is 14.7. The minimum Gasteiger partial charge on any atom is -0.497 e. The number of carbonyl (C=O) groups excluding carboxylic acids is 2. The minimum atomic E-state index is -4.27. The maximum atomic E-state index is 14.5. The van der Waals surface area contributed by atoms with E-state index in [-0.39, 0.29) is 34.5 Å². The van der Waals surface area contributed by atoms with Crippen molar-refractivity contribution in [3.63, 3.8) is 0 Å². The average Bonchev–Trinajstić information content (AvgIpc) is 3.05. The van der Waals surface area contributed by atoms with E-state index in [9.17, 15) is 18.0 Å². The lowest BCUT2D eigenvalue weighted by Crippen LogP contribution is -2.53. The van der Waals surface area contributed by atoms with Gasteiger partial charge in [0.1, 0.15) is 24.1 Å². The molecule has 11 heteroatoms. The van der Waals surface area contributed by atoms with Crippen molar-refractivity contribution >= 4 is 39.1 Å². The van der Waals surface area contributed by atoms with Crippen LogP contribution in [0.2, 0.25) is 5.02 Å². The van der Waals surface area contributed by atoms with Gasteiger partial charge in [-0.3, -0.25) is 13.9 Å². The van der Waals surface area contributed by atoms with Crippen molar-refractivity contribution in [2.75, 3.05) is 31.6 Å². The number of carbonyl (C=O) groups is 2. The zero-order valence-electron chi connectivity index (χ0n) is 26.3. The van der Waals surface area contributed by atoms with Crippen LogP contribution in [0.15, 0.2) is 102 Å². The van der Waals surface area contributed by atoms with Crippen molar-refractivity contribution in [1.29, 1.82) is 0 Å². The summed E-state index contributed by atoms with van der Waals surface area (Å²) in [6.45, 7) is 3.42. The minimum absolute atomic E-state index is 0.00162. The highest BCUT2D eigenvalue weighted by Crippen LogP contribution is 2.32. The maximum absolute atomic E-state index is 14.5. The number of likely N-dealkylation sites (N-methyl/N-ethyl adjacent to an activating group) is 1. The van der Waals surface area contributed by atoms with Gasteiger partial charge in [0, 0.05) is 19.5 Å². The quantitative estimate of drug-likeness (QED) is 0.187. The van der Waals surface area contributed by atoms with Crippen LogP contribution in [0.25, 0.3) is 0 Å². The molecule has 0 radical (unpaired) electrons. The van der Waals surface area contributed by atoms with Gasteiger partial charge in [-0.15, -0.1) is 0 Å². The molecular weight excluding hydrogens is 626 g/mol. The van der Waals surface area contributed by atoms with Gasteiger partial charge in [0.2, 0.25) is 11.8 Å². The second-order valence-corrected chi connectivity index (χ2v) is 12.9. The van der Waals surface area contributed by atoms with Crippen LogP contribution >= 0.6 is 11.6 Å². The number of anilines is 1. The lowest BCUT2D eigenvalue weighted by atomic mass is 10.0. The number of aryl methyl sites for hydroxylation is 1. The molecule has 0 bridgehead atoms. The standard InChI is InChI=1S/C35H38ClN3O6S/c1-5-37-35(41)32(21-26-10-7-6-8-11-26)38(23-27-12-9-13-29(20-27)44-3)34(40)24-39(28-16-19-33(45-4)31(36)22-28)46(42,43)30-17-14-25(2)15-18-30/h6-20,22,32H,5,21,23-24H2,1-4H3,(H,37,41)/t32-/m1/s1. The third-order valence-corrected chi connectivity index (χ3v) is 9.50. The molecule has 0 unspecified atom stereocenters. The predicted molar refractivity (Wildman–Crippen MR) is 180 cm³/mol. The van der Waals surface area contributed by atoms with E-state index in [1.807, 2.05) is 43.3 Å². The number of methoxy groups -OCH3 is 2. The highest BCUT2D eigenvalue weighted by atomic mass is 35.5. The number of rotatable bonds is 14. The number of amides is 2. The summed E-state index contributed by atoms with van der Waals surface area (Å²) in [5.74, 6) is -0.0112. The van der Waals surface area contributed by atoms with Crippen LogP contribution in [-0.4, -0.2) is 58.5 Å². The van der Waals surface area contributed by atoms with E-state index in [1.165, 1.54) is 36.3 Å². The number of nitrogens with zero attached hydrogens (tertiary/aromatic N) is 2. The molecule has 1 atom stereocenters. The molecule has 9 nitrogen and oxygen atoms in total. The monoisotopic (exact) mass is 663 g/mol. The van der Waals surface area contributed by atoms with E-state index < -0.39 is 28.5 Å². The SMILES string of the molecule is CCNC(=O)[C@@H](Cc1ccccc1)N(Cc1cccc(OC)c1)C(=O)CN(c1ccc(OC)c(Cl)c1)S(=O)(=O)c1ccc(C)cc1. The Bertz CT molecular complexity index is 1750. The van der Waals surface area contributed by atoms with Gasteiger partial charge in [-0.1, -0.05) is 71.8 Å². The van der Waals surface area contributed by atoms with Crippen molar-refractivity contribution in [3.05, 3.63) is 119 Å². The summed E-state index contributed by atoms with van der Waals surface area (Å²) in [6.07, 6.45) is 0.210. The second-order valence-electron chi connectivity index (χ2n) is 10.6. The number of ether oxygens (including phenoxy) is 2. The Hall–Kier alpha value is -4.54. The normalized spacial score (nSPS) is 11.8. The van der Waals surface area contributed by atoms with Gasteiger partial charge < -0.3 is 19.7 Å². The molecular formula is C35H38ClN3O6S. The number of benzene rings is 4. The Morgan fingerprint density at radius 3 is 2.20 bits per heavy atom. The summed E-state index contributed by atoms with van der Waals surface area (Å²) in [5, 5.41) is 3.03. The Morgan fingerprint density at radius 2 is 1.57 bits per heavy atom. The van der Waals surface area contributed by atoms with E-state index in [0.717, 1.165) is 15.4 Å². The summed E-state index contributed by atoms with van der Waals surface area (Å²) < 4.78 is 40.1. The third-order valence-electron chi connectivity index (χ3n) is 7.42. The molecule has 0 saturated carbocycles. The summed E-state index contributed by atoms with van der Waals surface area (Å²) in [4.78, 5) is 29.6. The molecule has 0 fully saturated rings. The van der Waals surface area contributed by atoms with E-state index in [2.05, 4.69) is 5.32 Å². The Balaban J connectivity index is 1.83. The van der Waals surface area contributed by atoms with E-state index >= 15 is 0 Å². The van der Waals surface area contributed by atoms with Gasteiger partial charge in [-0.05, 0) is 67.4 Å². The number of nitrogens with one attached hydrogen (secondary N) is 1. The maximum Gasteiger partial charge on any atom is 0.264 e. The number of sulfonamides is 1. The van der Waals surface area contributed by atoms with Crippen LogP contribution in [-0.2, 0) is 32.6 Å². The van der Waals surface area contributed by atoms with Gasteiger partial charge in [-0.2, -0.15) is 0 Å². The van der Waals surface area contributed by atoms with Crippen molar-refractivity contribution in [3.8, 4) is 11.5 Å². The third kappa shape index (κ3) is 8.38. The predicted octanol–water partition coefficient (Wildman–Crippen LogP) is 5.64. The first-order chi connectivity index (χ1) is 22.1. The highest BCUT2D eigenvalue weighted by molar-refractivity contribution is 7.92. The van der Waals surface area contributed by atoms with Gasteiger partial charge in [0.05, 0.1) is 29.8 Å². The summed E-state index contributed by atoms with van der Waals surface area (Å²) >= 11 is 6.44. The van der Waals surface area contributed by atoms with Crippen LogP contribution in [0, 0.1) is 6.92 Å². The van der Waals surface area contributed by atoms with Crippen LogP contribution in [0.4, 0.5) is 5.69 Å². The molecule has 0 saturated heterocycles. The van der Waals surface area contributed by atoms with Crippen molar-refractivity contribution < 1.29 is 27.5 Å². The molecule has 242 valence electrons. The summed E-state index contributed by atoms with van der Waals surface area (Å²) in [6, 6.07) is 26.5. The molecule has 2 amide bonds. The Kier molecular flexibility index (Phi) is 11.7. The van der Waals surface area contributed by atoms with E-state index in [4.69, 9.17) is 21.1 Å². The second kappa shape index (κ2) is 15.6. The molecule has 0 heterocycles. The van der Waals surface area contributed by atoms with Gasteiger partial charge in [0.15, 0.2) is 0 Å². The molecule has 4 aromatic rings. The lowest BCUT2D eigenvalue weighted by molar-refractivity contribution is -0.140. The molecule has 0 aliphatic heterocycles. The first-order valence-corrected chi connectivity index (χ1v) is 16.6. The molecule has 0 spiro atoms. The van der Waals surface area contributed by atoms with Crippen LogP contribution in [0.5, 0.6) is 11.5 Å². The molecule has 0 aliphatic carbocycles. The van der Waals surface area contributed by atoms with Crippen LogP contribution in [0.3, 0.4) is 0 Å². The fraction of sp³-hybridized carbons (Fsp3) is 0.257. The van der Waals surface area contributed by atoms with Gasteiger partial charge in [0.25, 0.3) is 10.0 Å². The largest absolute Gasteiger partial charge is 0.497 e. The zero-order chi connectivity index (χ0) is 33.3. The van der Waals surface area contributed by atoms with Crippen molar-refractivity contribution in [2.45, 2.75) is 37.8 Å². The van der Waals surface area contributed by atoms with Crippen LogP contribution in [0.1, 0.15) is 23.6 Å². The highest BCUT2D eigenvalue weighted by Gasteiger charge is 2.34. The first kappa shape index (κ1) is 34.3. The van der Waals surface area contributed by atoms with Gasteiger partial charge >= 0.3 is 0 Å². The lowest BCUT2D eigenvalue weighted by Gasteiger charge is -2.34. The molecule has 1 N–H and O–H groups in total. The number of hydrogen-bond acceptors (Lipinski definition) is 6. The van der Waals surface area contributed by atoms with Crippen molar-refractivity contribution in [1.82, 2.24) is 10.2 Å². The van der Waals surface area contributed by atoms with Gasteiger partial charge in [-0.25, -0.2) is 8.42 Å². The fourth-order valence-corrected chi connectivity index (χ4v) is 6.65. The zero-order valence-corrected chi connectivity index (χ0v) is 27.8. The fourth-order valence-electron chi connectivity index (χ4n) is 4.99. The molecule has 4 rings (SSSR count). The molecule has 0 aromatic heterocycles. The molecule has 4 aromatic carbocycles. The molecule has 46 heavy (non-hydrogen) atoms. The summed E-state index contributed by atoms with van der Waals surface area (Å²) in [5.41, 5.74) is 2.59. The topological polar surface area (TPSA) is 105 Å². The Morgan fingerprint density at radius 1 is 0.870 bits per heavy atom. The van der Waals surface area contributed by atoms with E-state index in [1.54, 1.807) is 50.4 Å². The average molecular weight is 664 g/mol. The van der Waals surface area contributed by atoms with Crippen molar-refractivity contribution in [2.24, 2.45) is 0 Å². The Labute approximate surface area is 275 Å². The smallest absolute Gasteiger partial charge is 0.264 e. The molecule has 0 aliphatic rings.